The van der Waals surface area contributed by atoms with Gasteiger partial charge < -0.3 is 10.0 Å². The van der Waals surface area contributed by atoms with Crippen LogP contribution in [-0.2, 0) is 0 Å². The van der Waals surface area contributed by atoms with Crippen molar-refractivity contribution in [2.24, 2.45) is 5.41 Å². The Morgan fingerprint density at radius 3 is 1.90 bits per heavy atom. The Hall–Kier alpha value is -0.120. The van der Waals surface area contributed by atoms with E-state index in [9.17, 15) is 5.11 Å². The molecule has 0 atom stereocenters. The smallest absolute Gasteiger partial charge is 0.0499 e. The van der Waals surface area contributed by atoms with Gasteiger partial charge in [0.2, 0.25) is 0 Å². The van der Waals surface area contributed by atoms with Gasteiger partial charge in [0, 0.05) is 50.3 Å². The van der Waals surface area contributed by atoms with Crippen LogP contribution in [0.4, 0.5) is 0 Å². The monoisotopic (exact) mass is 282 g/mol. The zero-order chi connectivity index (χ0) is 14.6. The highest BCUT2D eigenvalue weighted by Gasteiger charge is 2.34. The van der Waals surface area contributed by atoms with Gasteiger partial charge in [-0.1, -0.05) is 25.7 Å². The Morgan fingerprint density at radius 1 is 0.900 bits per heavy atom. The minimum Gasteiger partial charge on any atom is -0.396 e. The minimum absolute atomic E-state index is 0.195. The molecule has 0 spiro atoms. The van der Waals surface area contributed by atoms with E-state index in [-0.39, 0.29) is 5.41 Å². The average Bonchev–Trinajstić information content (AvgIpc) is 2.64. The maximum absolute atomic E-state index is 9.94. The molecular formula is C17H34N2O. The Morgan fingerprint density at radius 2 is 1.45 bits per heavy atom. The van der Waals surface area contributed by atoms with Crippen LogP contribution in [0.1, 0.15) is 59.3 Å². The first kappa shape index (κ1) is 16.3. The summed E-state index contributed by atoms with van der Waals surface area (Å²) in [5, 5.41) is 9.94. The van der Waals surface area contributed by atoms with Crippen LogP contribution in [0.2, 0.25) is 0 Å². The van der Waals surface area contributed by atoms with Crippen molar-refractivity contribution in [3.05, 3.63) is 0 Å². The number of hydrogen-bond acceptors (Lipinski definition) is 3. The summed E-state index contributed by atoms with van der Waals surface area (Å²) in [6.45, 7) is 13.1. The highest BCUT2D eigenvalue weighted by Crippen LogP contribution is 2.35. The highest BCUT2D eigenvalue weighted by molar-refractivity contribution is 4.88. The Labute approximate surface area is 125 Å². The lowest BCUT2D eigenvalue weighted by Gasteiger charge is -2.45. The normalized spacial score (nSPS) is 26.4. The number of aliphatic hydroxyl groups excluding tert-OH is 1. The molecule has 0 unspecified atom stereocenters. The van der Waals surface area contributed by atoms with Crippen LogP contribution in [0.15, 0.2) is 0 Å². The molecule has 2 aliphatic rings. The second-order valence-electron chi connectivity index (χ2n) is 8.01. The molecule has 2 rings (SSSR count). The third-order valence-corrected chi connectivity index (χ3v) is 5.38. The van der Waals surface area contributed by atoms with E-state index >= 15 is 0 Å². The average molecular weight is 282 g/mol. The summed E-state index contributed by atoms with van der Waals surface area (Å²) in [6, 6.07) is 0. The van der Waals surface area contributed by atoms with Crippen molar-refractivity contribution < 1.29 is 5.11 Å². The predicted octanol–water partition coefficient (Wildman–Crippen LogP) is 2.74. The van der Waals surface area contributed by atoms with E-state index < -0.39 is 0 Å². The Bertz CT molecular complexity index is 282. The number of nitrogens with zero attached hydrogens (tertiary/aromatic N) is 2. The first-order chi connectivity index (χ1) is 9.45. The first-order valence-corrected chi connectivity index (χ1v) is 8.54. The fourth-order valence-electron chi connectivity index (χ4n) is 3.90. The third kappa shape index (κ3) is 4.19. The molecule has 1 N–H and O–H groups in total. The summed E-state index contributed by atoms with van der Waals surface area (Å²) < 4.78 is 0. The molecule has 1 saturated heterocycles. The zero-order valence-electron chi connectivity index (χ0n) is 13.8. The van der Waals surface area contributed by atoms with Crippen molar-refractivity contribution >= 4 is 0 Å². The van der Waals surface area contributed by atoms with Gasteiger partial charge in [0.1, 0.15) is 0 Å². The van der Waals surface area contributed by atoms with Gasteiger partial charge in [-0.2, -0.15) is 0 Å². The molecule has 0 aromatic heterocycles. The van der Waals surface area contributed by atoms with Gasteiger partial charge in [0.05, 0.1) is 0 Å². The van der Waals surface area contributed by atoms with Gasteiger partial charge in [-0.3, -0.25) is 4.90 Å². The molecule has 0 radical (unpaired) electrons. The van der Waals surface area contributed by atoms with Crippen molar-refractivity contribution in [1.82, 2.24) is 9.80 Å². The highest BCUT2D eigenvalue weighted by atomic mass is 16.3. The van der Waals surface area contributed by atoms with E-state index in [0.717, 1.165) is 6.54 Å². The maximum atomic E-state index is 9.94. The largest absolute Gasteiger partial charge is 0.396 e. The second kappa shape index (κ2) is 6.76. The van der Waals surface area contributed by atoms with Crippen molar-refractivity contribution in [3.8, 4) is 0 Å². The van der Waals surface area contributed by atoms with E-state index in [4.69, 9.17) is 0 Å². The first-order valence-electron chi connectivity index (χ1n) is 8.54. The summed E-state index contributed by atoms with van der Waals surface area (Å²) in [4.78, 5) is 5.19. The van der Waals surface area contributed by atoms with E-state index in [1.165, 1.54) is 64.7 Å². The molecule has 0 aromatic rings. The fourth-order valence-corrected chi connectivity index (χ4v) is 3.90. The standard InChI is InChI=1S/C17H34N2O/c1-16(2,3)19-12-10-18(11-13-19)14-17(15-20)8-6-4-5-7-9-17/h20H,4-15H2,1-3H3. The third-order valence-electron chi connectivity index (χ3n) is 5.38. The quantitative estimate of drug-likeness (QED) is 0.806. The van der Waals surface area contributed by atoms with Crippen LogP contribution < -0.4 is 0 Å². The molecule has 3 heteroatoms. The molecule has 20 heavy (non-hydrogen) atoms. The summed E-state index contributed by atoms with van der Waals surface area (Å²) >= 11 is 0. The predicted molar refractivity (Wildman–Crippen MR) is 85.0 cm³/mol. The SMILES string of the molecule is CC(C)(C)N1CCN(CC2(CO)CCCCCC2)CC1. The van der Waals surface area contributed by atoms with Crippen molar-refractivity contribution in [2.75, 3.05) is 39.3 Å². The molecule has 0 amide bonds. The molecule has 1 saturated carbocycles. The van der Waals surface area contributed by atoms with Gasteiger partial charge in [-0.15, -0.1) is 0 Å². The van der Waals surface area contributed by atoms with E-state index in [1.807, 2.05) is 0 Å². The van der Waals surface area contributed by atoms with Gasteiger partial charge >= 0.3 is 0 Å². The van der Waals surface area contributed by atoms with Gasteiger partial charge in [0.15, 0.2) is 0 Å². The number of rotatable bonds is 3. The Balaban J connectivity index is 1.87. The van der Waals surface area contributed by atoms with Gasteiger partial charge in [0.25, 0.3) is 0 Å². The van der Waals surface area contributed by atoms with Gasteiger partial charge in [-0.05, 0) is 33.6 Å². The molecular weight excluding hydrogens is 248 g/mol. The van der Waals surface area contributed by atoms with Gasteiger partial charge in [-0.25, -0.2) is 0 Å². The minimum atomic E-state index is 0.195. The topological polar surface area (TPSA) is 26.7 Å². The molecule has 1 aliphatic heterocycles. The molecule has 1 aliphatic carbocycles. The number of aliphatic hydroxyl groups is 1. The van der Waals surface area contributed by atoms with Crippen LogP contribution >= 0.6 is 0 Å². The van der Waals surface area contributed by atoms with Crippen LogP contribution in [0, 0.1) is 5.41 Å². The molecule has 118 valence electrons. The van der Waals surface area contributed by atoms with E-state index in [2.05, 4.69) is 30.6 Å². The fraction of sp³-hybridized carbons (Fsp3) is 1.00. The summed E-state index contributed by atoms with van der Waals surface area (Å²) in [5.74, 6) is 0. The van der Waals surface area contributed by atoms with Crippen molar-refractivity contribution in [2.45, 2.75) is 64.8 Å². The van der Waals surface area contributed by atoms with E-state index in [0.29, 0.717) is 12.1 Å². The summed E-state index contributed by atoms with van der Waals surface area (Å²) in [7, 11) is 0. The van der Waals surface area contributed by atoms with E-state index in [1.54, 1.807) is 0 Å². The molecule has 0 aromatic carbocycles. The second-order valence-corrected chi connectivity index (χ2v) is 8.01. The van der Waals surface area contributed by atoms with Crippen LogP contribution in [0.3, 0.4) is 0 Å². The maximum Gasteiger partial charge on any atom is 0.0499 e. The molecule has 2 fully saturated rings. The van der Waals surface area contributed by atoms with Crippen LogP contribution in [0.5, 0.6) is 0 Å². The molecule has 1 heterocycles. The van der Waals surface area contributed by atoms with Crippen LogP contribution in [0.25, 0.3) is 0 Å². The summed E-state index contributed by atoms with van der Waals surface area (Å²) in [5.41, 5.74) is 0.490. The lowest BCUT2D eigenvalue weighted by atomic mass is 9.80. The summed E-state index contributed by atoms with van der Waals surface area (Å²) in [6.07, 6.45) is 7.79. The van der Waals surface area contributed by atoms with Crippen LogP contribution in [-0.4, -0.2) is 59.8 Å². The van der Waals surface area contributed by atoms with Crippen molar-refractivity contribution in [3.63, 3.8) is 0 Å². The lowest BCUT2D eigenvalue weighted by molar-refractivity contribution is 0.0144. The molecule has 0 bridgehead atoms. The molecule has 3 nitrogen and oxygen atoms in total. The van der Waals surface area contributed by atoms with Crippen molar-refractivity contribution in [1.29, 1.82) is 0 Å². The lowest BCUT2D eigenvalue weighted by Crippen LogP contribution is -2.55. The number of piperazine rings is 1. The Kier molecular flexibility index (Phi) is 5.49. The zero-order valence-corrected chi connectivity index (χ0v) is 13.8. The number of hydrogen-bond donors (Lipinski definition) is 1.